The zero-order valence-electron chi connectivity index (χ0n) is 25.1. The minimum absolute atomic E-state index is 0.121. The first kappa shape index (κ1) is 30.8. The minimum Gasteiger partial charge on any atom is -0.494 e. The standard InChI is InChI=1S/C32H45N3O6/c1-8-18-33(22-12-14-23(15-13-22)40-10-3)27(37)24-25-28(38)34(20-11-21-36)26(32(25)17-16-31(24,7)41-32)29(39)35(19-9-2)30(4,5)6/h8-9,12-15,24-26,36H,1-2,10-11,16-21H2,3-7H3/t24-,25-,26?,31+,32?/m0/s1. The van der Waals surface area contributed by atoms with E-state index in [0.717, 1.165) is 0 Å². The summed E-state index contributed by atoms with van der Waals surface area (Å²) in [6, 6.07) is 6.38. The molecule has 41 heavy (non-hydrogen) atoms. The van der Waals surface area contributed by atoms with Gasteiger partial charge in [0, 0.05) is 37.5 Å². The van der Waals surface area contributed by atoms with Gasteiger partial charge in [0.15, 0.2) is 0 Å². The fourth-order valence-electron chi connectivity index (χ4n) is 7.04. The van der Waals surface area contributed by atoms with E-state index in [1.807, 2.05) is 58.9 Å². The molecule has 3 fully saturated rings. The fourth-order valence-corrected chi connectivity index (χ4v) is 7.04. The van der Waals surface area contributed by atoms with Crippen LogP contribution in [-0.2, 0) is 19.1 Å². The van der Waals surface area contributed by atoms with Crippen LogP contribution in [0, 0.1) is 11.8 Å². The molecule has 3 aliphatic rings. The maximum absolute atomic E-state index is 14.5. The second kappa shape index (κ2) is 11.6. The number of nitrogens with zero attached hydrogens (tertiary/aromatic N) is 3. The number of carbonyl (C=O) groups is 3. The Bertz CT molecular complexity index is 1180. The van der Waals surface area contributed by atoms with Crippen LogP contribution in [-0.4, -0.2) is 88.3 Å². The Morgan fingerprint density at radius 3 is 2.37 bits per heavy atom. The monoisotopic (exact) mass is 567 g/mol. The number of rotatable bonds is 12. The number of hydrogen-bond acceptors (Lipinski definition) is 6. The third-order valence-electron chi connectivity index (χ3n) is 8.76. The summed E-state index contributed by atoms with van der Waals surface area (Å²) in [5.41, 5.74) is -1.91. The average molecular weight is 568 g/mol. The number of hydrogen-bond donors (Lipinski definition) is 1. The third kappa shape index (κ3) is 5.18. The third-order valence-corrected chi connectivity index (χ3v) is 8.76. The van der Waals surface area contributed by atoms with E-state index in [1.165, 1.54) is 0 Å². The van der Waals surface area contributed by atoms with E-state index >= 15 is 0 Å². The van der Waals surface area contributed by atoms with E-state index in [1.54, 1.807) is 26.9 Å². The maximum Gasteiger partial charge on any atom is 0.249 e. The number of carbonyl (C=O) groups excluding carboxylic acids is 3. The normalized spacial score (nSPS) is 28.4. The Kier molecular flexibility index (Phi) is 8.71. The molecular formula is C32H45N3O6. The number of benzene rings is 1. The van der Waals surface area contributed by atoms with E-state index in [0.29, 0.717) is 43.9 Å². The fraction of sp³-hybridized carbons (Fsp3) is 0.594. The zero-order chi connectivity index (χ0) is 30.2. The van der Waals surface area contributed by atoms with Crippen molar-refractivity contribution in [1.82, 2.24) is 9.80 Å². The highest BCUT2D eigenvalue weighted by Gasteiger charge is 2.78. The van der Waals surface area contributed by atoms with Crippen molar-refractivity contribution in [2.45, 2.75) is 76.7 Å². The topological polar surface area (TPSA) is 99.6 Å². The summed E-state index contributed by atoms with van der Waals surface area (Å²) in [6.45, 7) is 18.5. The van der Waals surface area contributed by atoms with Gasteiger partial charge in [-0.15, -0.1) is 13.2 Å². The number of aliphatic hydroxyl groups excluding tert-OH is 1. The SMILES string of the molecule is C=CCN(C(=O)[C@@H]1[C@H]2C(=O)N(CCCO)C(C(=O)N(CC=C)C(C)(C)C)C23CC[C@@]1(C)O3)c1ccc(OCC)cc1. The van der Waals surface area contributed by atoms with Gasteiger partial charge in [0.2, 0.25) is 17.7 Å². The number of aliphatic hydroxyl groups is 1. The molecule has 2 bridgehead atoms. The average Bonchev–Trinajstić information content (AvgIpc) is 3.49. The molecule has 1 aromatic rings. The van der Waals surface area contributed by atoms with Crippen molar-refractivity contribution in [1.29, 1.82) is 0 Å². The van der Waals surface area contributed by atoms with Crippen molar-refractivity contribution in [3.63, 3.8) is 0 Å². The molecule has 9 nitrogen and oxygen atoms in total. The van der Waals surface area contributed by atoms with Crippen molar-refractivity contribution in [2.75, 3.05) is 37.7 Å². The number of fused-ring (bicyclic) bond motifs is 1. The quantitative estimate of drug-likeness (QED) is 0.388. The Morgan fingerprint density at radius 1 is 1.15 bits per heavy atom. The first-order valence-electron chi connectivity index (χ1n) is 14.6. The molecule has 0 aromatic heterocycles. The van der Waals surface area contributed by atoms with E-state index in [-0.39, 0.29) is 37.4 Å². The lowest BCUT2D eigenvalue weighted by atomic mass is 9.66. The van der Waals surface area contributed by atoms with Gasteiger partial charge in [-0.2, -0.15) is 0 Å². The largest absolute Gasteiger partial charge is 0.494 e. The minimum atomic E-state index is -1.14. The van der Waals surface area contributed by atoms with Crippen molar-refractivity contribution in [2.24, 2.45) is 11.8 Å². The van der Waals surface area contributed by atoms with Gasteiger partial charge in [0.25, 0.3) is 0 Å². The van der Waals surface area contributed by atoms with Crippen LogP contribution in [0.4, 0.5) is 5.69 Å². The Labute approximate surface area is 243 Å². The van der Waals surface area contributed by atoms with Gasteiger partial charge in [0.05, 0.1) is 24.0 Å². The first-order chi connectivity index (χ1) is 19.4. The molecule has 4 rings (SSSR count). The van der Waals surface area contributed by atoms with Gasteiger partial charge < -0.3 is 29.3 Å². The van der Waals surface area contributed by atoms with Crippen LogP contribution < -0.4 is 9.64 Å². The molecule has 224 valence electrons. The van der Waals surface area contributed by atoms with Crippen molar-refractivity contribution < 1.29 is 29.0 Å². The van der Waals surface area contributed by atoms with Gasteiger partial charge in [0.1, 0.15) is 17.4 Å². The van der Waals surface area contributed by atoms with Gasteiger partial charge >= 0.3 is 0 Å². The molecule has 1 N–H and O–H groups in total. The van der Waals surface area contributed by atoms with Crippen molar-refractivity contribution in [3.8, 4) is 5.75 Å². The summed E-state index contributed by atoms with van der Waals surface area (Å²) < 4.78 is 12.4. The number of likely N-dealkylation sites (tertiary alicyclic amines) is 1. The predicted octanol–water partition coefficient (Wildman–Crippen LogP) is 3.56. The smallest absolute Gasteiger partial charge is 0.249 e. The lowest BCUT2D eigenvalue weighted by Gasteiger charge is -2.42. The van der Waals surface area contributed by atoms with Crippen LogP contribution >= 0.6 is 0 Å². The van der Waals surface area contributed by atoms with Gasteiger partial charge in [-0.05, 0) is 78.1 Å². The lowest BCUT2D eigenvalue weighted by molar-refractivity contribution is -0.154. The number of ether oxygens (including phenoxy) is 2. The number of amides is 3. The molecule has 3 aliphatic heterocycles. The molecule has 1 spiro atoms. The Morgan fingerprint density at radius 2 is 1.80 bits per heavy atom. The summed E-state index contributed by atoms with van der Waals surface area (Å²) in [6.07, 6.45) is 4.70. The summed E-state index contributed by atoms with van der Waals surface area (Å²) in [5, 5.41) is 9.63. The maximum atomic E-state index is 14.5. The predicted molar refractivity (Wildman–Crippen MR) is 157 cm³/mol. The molecule has 3 saturated heterocycles. The molecule has 0 saturated carbocycles. The Hall–Kier alpha value is -3.17. The van der Waals surface area contributed by atoms with Gasteiger partial charge in [-0.3, -0.25) is 14.4 Å². The van der Waals surface area contributed by atoms with Crippen LogP contribution in [0.5, 0.6) is 5.75 Å². The van der Waals surface area contributed by atoms with Crippen LogP contribution in [0.15, 0.2) is 49.6 Å². The molecular weight excluding hydrogens is 522 g/mol. The second-order valence-electron chi connectivity index (χ2n) is 12.4. The first-order valence-corrected chi connectivity index (χ1v) is 14.6. The van der Waals surface area contributed by atoms with E-state index in [9.17, 15) is 19.5 Å². The molecule has 0 aliphatic carbocycles. The van der Waals surface area contributed by atoms with Crippen molar-refractivity contribution in [3.05, 3.63) is 49.6 Å². The highest BCUT2D eigenvalue weighted by molar-refractivity contribution is 6.03. The summed E-state index contributed by atoms with van der Waals surface area (Å²) in [5.74, 6) is -1.62. The van der Waals surface area contributed by atoms with E-state index in [4.69, 9.17) is 9.47 Å². The summed E-state index contributed by atoms with van der Waals surface area (Å²) in [4.78, 5) is 48.0. The zero-order valence-corrected chi connectivity index (χ0v) is 25.1. The van der Waals surface area contributed by atoms with Crippen LogP contribution in [0.2, 0.25) is 0 Å². The van der Waals surface area contributed by atoms with E-state index in [2.05, 4.69) is 13.2 Å². The molecule has 3 heterocycles. The summed E-state index contributed by atoms with van der Waals surface area (Å²) in [7, 11) is 0. The lowest BCUT2D eigenvalue weighted by Crippen LogP contribution is -2.60. The Balaban J connectivity index is 1.77. The highest BCUT2D eigenvalue weighted by Crippen LogP contribution is 2.63. The summed E-state index contributed by atoms with van der Waals surface area (Å²) >= 11 is 0. The van der Waals surface area contributed by atoms with Crippen LogP contribution in [0.25, 0.3) is 0 Å². The van der Waals surface area contributed by atoms with Crippen LogP contribution in [0.1, 0.15) is 53.9 Å². The number of anilines is 1. The molecule has 3 amide bonds. The molecule has 9 heteroatoms. The molecule has 1 aromatic carbocycles. The van der Waals surface area contributed by atoms with Gasteiger partial charge in [-0.25, -0.2) is 0 Å². The second-order valence-corrected chi connectivity index (χ2v) is 12.4. The molecule has 2 unspecified atom stereocenters. The van der Waals surface area contributed by atoms with Crippen molar-refractivity contribution >= 4 is 23.4 Å². The van der Waals surface area contributed by atoms with Gasteiger partial charge in [-0.1, -0.05) is 12.2 Å². The molecule has 0 radical (unpaired) electrons. The highest BCUT2D eigenvalue weighted by atomic mass is 16.5. The molecule has 5 atom stereocenters. The van der Waals surface area contributed by atoms with Crippen LogP contribution in [0.3, 0.4) is 0 Å². The van der Waals surface area contributed by atoms with E-state index < -0.39 is 34.6 Å².